The van der Waals surface area contributed by atoms with E-state index in [-0.39, 0.29) is 0 Å². The molecular weight excluding hydrogens is 1360 g/mol. The third-order valence-corrected chi connectivity index (χ3v) is 26.3. The van der Waals surface area contributed by atoms with Gasteiger partial charge >= 0.3 is 0 Å². The Morgan fingerprint density at radius 3 is 1.60 bits per heavy atom. The topological polar surface area (TPSA) is 71.5 Å². The van der Waals surface area contributed by atoms with Crippen molar-refractivity contribution in [3.8, 4) is 67.3 Å². The van der Waals surface area contributed by atoms with E-state index in [0.29, 0.717) is 0 Å². The lowest BCUT2D eigenvalue weighted by molar-refractivity contribution is 0.602. The van der Waals surface area contributed by atoms with Crippen molar-refractivity contribution >= 4 is 204 Å². The number of imidazole rings is 1. The average Bonchev–Trinajstić information content (AvgIpc) is 1.55. The summed E-state index contributed by atoms with van der Waals surface area (Å²) in [7, 11) is 0. The van der Waals surface area contributed by atoms with E-state index in [1.165, 1.54) is 115 Å². The van der Waals surface area contributed by atoms with Gasteiger partial charge in [0.25, 0.3) is 0 Å². The summed E-state index contributed by atoms with van der Waals surface area (Å²) in [4.78, 5) is 15.3. The Balaban J connectivity index is 0.641. The van der Waals surface area contributed by atoms with E-state index in [4.69, 9.17) is 19.4 Å². The zero-order valence-electron chi connectivity index (χ0n) is 55.6. The molecule has 9 heterocycles. The number of thiophene rings is 3. The predicted octanol–water partition coefficient (Wildman–Crippen LogP) is 26.8. The first-order valence-corrected chi connectivity index (χ1v) is 38.5. The lowest BCUT2D eigenvalue weighted by atomic mass is 9.95. The number of nitrogens with zero attached hydrogens (tertiary/aromatic N) is 7. The van der Waals surface area contributed by atoms with Gasteiger partial charge in [-0.05, 0) is 148 Å². The van der Waals surface area contributed by atoms with E-state index in [2.05, 4.69) is 309 Å². The molecule has 0 N–H and O–H groups in total. The third-order valence-electron chi connectivity index (χ3n) is 21.9. The fraction of sp³-hybridized carbons (Fsp3) is 0. The fourth-order valence-corrected chi connectivity index (χ4v) is 21.7. The minimum Gasteiger partial charge on any atom is -0.443 e. The van der Waals surface area contributed by atoms with E-state index in [9.17, 15) is 0 Å². The number of hydrogen-bond donors (Lipinski definition) is 0. The van der Waals surface area contributed by atoms with Gasteiger partial charge in [-0.15, -0.1) is 45.3 Å². The van der Waals surface area contributed by atoms with Gasteiger partial charge in [-0.25, -0.2) is 15.0 Å². The smallest absolute Gasteiger partial charge is 0.182 e. The van der Waals surface area contributed by atoms with Crippen molar-refractivity contribution in [2.45, 2.75) is 0 Å². The summed E-state index contributed by atoms with van der Waals surface area (Å²) in [5.74, 6) is 0. The Morgan fingerprint density at radius 1 is 0.295 bits per heavy atom. The maximum Gasteiger partial charge on any atom is 0.182 e. The normalized spacial score (nSPS) is 12.4. The summed E-state index contributed by atoms with van der Waals surface area (Å²) in [6.45, 7) is 0. The van der Waals surface area contributed by atoms with E-state index in [0.717, 1.165) is 111 Å². The van der Waals surface area contributed by atoms with Gasteiger partial charge in [0, 0.05) is 90.1 Å². The van der Waals surface area contributed by atoms with Gasteiger partial charge in [0.05, 0.1) is 79.8 Å². The van der Waals surface area contributed by atoms with E-state index in [1.54, 1.807) is 17.7 Å². The molecule has 24 aromatic rings. The summed E-state index contributed by atoms with van der Waals surface area (Å²) in [6.07, 6.45) is 3.56. The largest absolute Gasteiger partial charge is 0.443 e. The quantitative estimate of drug-likeness (QED) is 0.152. The first-order chi connectivity index (χ1) is 52.0. The van der Waals surface area contributed by atoms with Gasteiger partial charge in [0.2, 0.25) is 0 Å². The Labute approximate surface area is 613 Å². The van der Waals surface area contributed by atoms with Crippen LogP contribution in [0.15, 0.2) is 314 Å². The fourth-order valence-electron chi connectivity index (χ4n) is 17.2. The van der Waals surface area contributed by atoms with Crippen molar-refractivity contribution in [3.05, 3.63) is 309 Å². The minimum atomic E-state index is 0.747. The SMILES string of the molecule is c1ccc(-c2cc(-n3c4ccccc4c4c(-c5ccc(-c6cc(-n7c8ccc(-c9cccc(-n%10cnc%11cc(-n%12c%13ccccc%13c%13ccc%14c%15ccccc%15sc%14c%13%12)ccc%11%10)c9)cc8c8ccc9c%10ccccc%10sc9c87)c7ncsc7c6)cc5)cc5c6ccccc6sc5c43)c3ncoc3c2)cc1. The molecule has 0 radical (unpaired) electrons. The van der Waals surface area contributed by atoms with Crippen LogP contribution in [0.5, 0.6) is 0 Å². The van der Waals surface area contributed by atoms with Gasteiger partial charge in [0.1, 0.15) is 17.4 Å². The number of fused-ring (bicyclic) bond motifs is 24. The second-order valence-electron chi connectivity index (χ2n) is 27.4. The molecule has 24 rings (SSSR count). The highest BCUT2D eigenvalue weighted by Crippen LogP contribution is 2.51. The van der Waals surface area contributed by atoms with Crippen LogP contribution in [-0.2, 0) is 0 Å². The van der Waals surface area contributed by atoms with Crippen LogP contribution in [0.4, 0.5) is 0 Å². The number of aromatic nitrogens is 7. The Kier molecular flexibility index (Phi) is 12.0. The van der Waals surface area contributed by atoms with Crippen LogP contribution in [0.1, 0.15) is 0 Å². The summed E-state index contributed by atoms with van der Waals surface area (Å²) >= 11 is 7.30. The van der Waals surface area contributed by atoms with Gasteiger partial charge in [-0.2, -0.15) is 0 Å². The molecule has 0 aliphatic heterocycles. The van der Waals surface area contributed by atoms with Crippen LogP contribution in [0.3, 0.4) is 0 Å². The van der Waals surface area contributed by atoms with Gasteiger partial charge in [-0.3, -0.25) is 4.57 Å². The number of hydrogen-bond acceptors (Lipinski definition) is 8. The molecule has 0 saturated carbocycles. The maximum atomic E-state index is 6.18. The molecule has 8 nitrogen and oxygen atoms in total. The average molecular weight is 1410 g/mol. The molecule has 488 valence electrons. The van der Waals surface area contributed by atoms with Crippen molar-refractivity contribution in [1.82, 2.24) is 33.2 Å². The monoisotopic (exact) mass is 1410 g/mol. The molecule has 0 fully saturated rings. The van der Waals surface area contributed by atoms with Crippen molar-refractivity contribution in [2.75, 3.05) is 0 Å². The van der Waals surface area contributed by atoms with Crippen LogP contribution < -0.4 is 0 Å². The third kappa shape index (κ3) is 8.32. The van der Waals surface area contributed by atoms with Gasteiger partial charge < -0.3 is 18.1 Å². The van der Waals surface area contributed by atoms with Gasteiger partial charge in [0.15, 0.2) is 12.0 Å². The molecule has 0 bridgehead atoms. The van der Waals surface area contributed by atoms with E-state index >= 15 is 0 Å². The zero-order chi connectivity index (χ0) is 68.3. The standard InChI is InChI=1S/C93H51N7OS4/c1-2-15-52(16-3-1)57-43-78(86-80(45-57)101-50-95-86)100-75-25-10-5-23-69(75)85-70(48-72-64-22-8-13-28-83(64)105-93(72)90(85)100)54-31-29-53(30-32-54)58-44-79(87-84(46-58)102-51-96-87)99-76-39-33-56(42-71(76)66-36-38-68-63-21-7-12-27-82(63)104-92(68)89(66)99)55-17-14-18-59(41-55)97-49-94-73-47-60(34-40-77(73)97)98-74-24-9-4-19-61(74)65-35-37-67-62-20-6-11-26-81(62)103-91(67)88(65)98/h1-51H. The maximum absolute atomic E-state index is 6.18. The van der Waals surface area contributed by atoms with Crippen LogP contribution in [-0.4, -0.2) is 33.2 Å². The Bertz CT molecular complexity index is 7860. The van der Waals surface area contributed by atoms with Gasteiger partial charge in [-0.1, -0.05) is 188 Å². The van der Waals surface area contributed by atoms with Crippen LogP contribution in [0.2, 0.25) is 0 Å². The molecule has 105 heavy (non-hydrogen) atoms. The number of oxazole rings is 1. The molecule has 12 heteroatoms. The lowest BCUT2D eigenvalue weighted by Crippen LogP contribution is -1.97. The molecule has 0 unspecified atom stereocenters. The molecule has 0 amide bonds. The predicted molar refractivity (Wildman–Crippen MR) is 445 cm³/mol. The van der Waals surface area contributed by atoms with Crippen molar-refractivity contribution in [1.29, 1.82) is 0 Å². The molecule has 0 atom stereocenters. The van der Waals surface area contributed by atoms with Crippen molar-refractivity contribution in [2.24, 2.45) is 0 Å². The molecule has 15 aromatic carbocycles. The Hall–Kier alpha value is -12.8. The molecule has 0 aliphatic carbocycles. The number of thiazole rings is 1. The Morgan fingerprint density at radius 2 is 0.848 bits per heavy atom. The highest BCUT2D eigenvalue weighted by Gasteiger charge is 2.27. The second-order valence-corrected chi connectivity index (χ2v) is 31.5. The number of benzene rings is 15. The van der Waals surface area contributed by atoms with Crippen molar-refractivity contribution < 1.29 is 4.42 Å². The summed E-state index contributed by atoms with van der Waals surface area (Å²) in [6, 6.07) is 108. The summed E-state index contributed by atoms with van der Waals surface area (Å²) in [5, 5.41) is 14.8. The molecule has 0 aliphatic rings. The van der Waals surface area contributed by atoms with Crippen LogP contribution >= 0.6 is 45.3 Å². The number of para-hydroxylation sites is 2. The first kappa shape index (κ1) is 57.8. The van der Waals surface area contributed by atoms with E-state index < -0.39 is 0 Å². The molecule has 9 aromatic heterocycles. The molecular formula is C93H51N7OS4. The lowest BCUT2D eigenvalue weighted by Gasteiger charge is -2.14. The first-order valence-electron chi connectivity index (χ1n) is 35.1. The highest BCUT2D eigenvalue weighted by molar-refractivity contribution is 7.27. The van der Waals surface area contributed by atoms with Crippen LogP contribution in [0.25, 0.3) is 226 Å². The number of rotatable bonds is 8. The molecule has 0 spiro atoms. The minimum absolute atomic E-state index is 0.747. The highest BCUT2D eigenvalue weighted by atomic mass is 32.1. The summed E-state index contributed by atoms with van der Waals surface area (Å²) < 4.78 is 24.6. The second kappa shape index (κ2) is 21.9. The van der Waals surface area contributed by atoms with E-state index in [1.807, 2.05) is 45.8 Å². The van der Waals surface area contributed by atoms with Crippen LogP contribution in [0, 0.1) is 0 Å². The molecule has 0 saturated heterocycles. The summed E-state index contributed by atoms with van der Waals surface area (Å²) in [5.41, 5.74) is 26.7. The zero-order valence-corrected chi connectivity index (χ0v) is 58.9. The van der Waals surface area contributed by atoms with Crippen molar-refractivity contribution in [3.63, 3.8) is 0 Å².